The van der Waals surface area contributed by atoms with Crippen molar-refractivity contribution in [1.82, 2.24) is 0 Å². The second-order valence-electron chi connectivity index (χ2n) is 3.35. The van der Waals surface area contributed by atoms with Crippen LogP contribution in [0.4, 0.5) is 0 Å². The summed E-state index contributed by atoms with van der Waals surface area (Å²) >= 11 is 0. The fourth-order valence-electron chi connectivity index (χ4n) is 1.75. The lowest BCUT2D eigenvalue weighted by Crippen LogP contribution is -2.20. The number of hydrogen-bond acceptors (Lipinski definition) is 3. The van der Waals surface area contributed by atoms with Crippen LogP contribution < -0.4 is 0 Å². The minimum absolute atomic E-state index is 0.232. The van der Waals surface area contributed by atoms with Crippen molar-refractivity contribution < 1.29 is 9.53 Å². The molecule has 0 aliphatic heterocycles. The van der Waals surface area contributed by atoms with Crippen molar-refractivity contribution >= 4 is 6.08 Å². The van der Waals surface area contributed by atoms with Crippen molar-refractivity contribution in [3.05, 3.63) is 0 Å². The van der Waals surface area contributed by atoms with Crippen LogP contribution in [0.1, 0.15) is 25.7 Å². The summed E-state index contributed by atoms with van der Waals surface area (Å²) in [5, 5.41) is 0. The van der Waals surface area contributed by atoms with Crippen molar-refractivity contribution in [2.24, 2.45) is 10.9 Å². The molecule has 1 rings (SSSR count). The Hall–Kier alpha value is -0.660. The van der Waals surface area contributed by atoms with Crippen molar-refractivity contribution in [3.8, 4) is 0 Å². The molecule has 3 nitrogen and oxygen atoms in total. The molecule has 0 spiro atoms. The molecule has 0 unspecified atom stereocenters. The zero-order valence-corrected chi connectivity index (χ0v) is 7.45. The van der Waals surface area contributed by atoms with Crippen molar-refractivity contribution in [3.63, 3.8) is 0 Å². The average molecular weight is 169 g/mol. The quantitative estimate of drug-likeness (QED) is 0.474. The average Bonchev–Trinajstić information content (AvgIpc) is 2.09. The second-order valence-corrected chi connectivity index (χ2v) is 3.35. The van der Waals surface area contributed by atoms with Crippen molar-refractivity contribution in [1.29, 1.82) is 0 Å². The van der Waals surface area contributed by atoms with E-state index in [0.29, 0.717) is 5.92 Å². The number of methoxy groups -OCH3 is 1. The summed E-state index contributed by atoms with van der Waals surface area (Å²) in [7, 11) is 1.73. The van der Waals surface area contributed by atoms with E-state index >= 15 is 0 Å². The van der Waals surface area contributed by atoms with E-state index in [1.165, 1.54) is 0 Å². The highest BCUT2D eigenvalue weighted by Crippen LogP contribution is 2.25. The van der Waals surface area contributed by atoms with Crippen LogP contribution in [0.5, 0.6) is 0 Å². The maximum Gasteiger partial charge on any atom is 0.235 e. The van der Waals surface area contributed by atoms with Crippen molar-refractivity contribution in [2.75, 3.05) is 13.7 Å². The number of ether oxygens (including phenoxy) is 1. The van der Waals surface area contributed by atoms with Crippen LogP contribution in [0.25, 0.3) is 0 Å². The minimum atomic E-state index is 0.232. The molecule has 1 aliphatic carbocycles. The molecule has 0 heterocycles. The van der Waals surface area contributed by atoms with E-state index in [1.807, 2.05) is 0 Å². The molecule has 68 valence electrons. The van der Waals surface area contributed by atoms with Crippen LogP contribution in [-0.2, 0) is 9.53 Å². The Morgan fingerprint density at radius 3 is 2.58 bits per heavy atom. The highest BCUT2D eigenvalue weighted by molar-refractivity contribution is 5.33. The zero-order chi connectivity index (χ0) is 8.81. The van der Waals surface area contributed by atoms with Gasteiger partial charge in [-0.15, -0.1) is 0 Å². The number of hydrogen-bond donors (Lipinski definition) is 0. The van der Waals surface area contributed by atoms with Gasteiger partial charge in [-0.3, -0.25) is 0 Å². The molecule has 0 aromatic rings. The second kappa shape index (κ2) is 5.07. The third kappa shape index (κ3) is 2.76. The van der Waals surface area contributed by atoms with E-state index in [9.17, 15) is 4.79 Å². The van der Waals surface area contributed by atoms with Gasteiger partial charge in [0.2, 0.25) is 6.08 Å². The molecule has 1 fully saturated rings. The Balaban J connectivity index is 2.24. The van der Waals surface area contributed by atoms with Gasteiger partial charge in [-0.1, -0.05) is 0 Å². The first-order valence-corrected chi connectivity index (χ1v) is 4.42. The van der Waals surface area contributed by atoms with Gasteiger partial charge in [0.15, 0.2) is 0 Å². The summed E-state index contributed by atoms with van der Waals surface area (Å²) < 4.78 is 5.07. The normalized spacial score (nSPS) is 29.4. The highest BCUT2D eigenvalue weighted by atomic mass is 16.5. The molecular weight excluding hydrogens is 154 g/mol. The molecule has 0 amide bonds. The Labute approximate surface area is 72.8 Å². The Kier molecular flexibility index (Phi) is 3.98. The summed E-state index contributed by atoms with van der Waals surface area (Å²) in [6, 6.07) is 0.232. The van der Waals surface area contributed by atoms with Gasteiger partial charge in [-0.25, -0.2) is 9.79 Å². The van der Waals surface area contributed by atoms with Crippen LogP contribution in [0.15, 0.2) is 4.99 Å². The van der Waals surface area contributed by atoms with Crippen LogP contribution >= 0.6 is 0 Å². The van der Waals surface area contributed by atoms with Gasteiger partial charge in [0, 0.05) is 13.7 Å². The standard InChI is InChI=1S/C9H15NO2/c1-12-6-8-2-4-9(5-3-8)10-7-11/h8-9H,2-6H2,1H3/t8-,9+. The number of aliphatic imine (C=N–C) groups is 1. The summed E-state index contributed by atoms with van der Waals surface area (Å²) in [5.41, 5.74) is 0. The molecule has 0 bridgehead atoms. The lowest BCUT2D eigenvalue weighted by molar-refractivity contribution is 0.128. The van der Waals surface area contributed by atoms with Crippen LogP contribution in [0, 0.1) is 5.92 Å². The summed E-state index contributed by atoms with van der Waals surface area (Å²) in [4.78, 5) is 13.7. The van der Waals surface area contributed by atoms with E-state index in [1.54, 1.807) is 13.2 Å². The van der Waals surface area contributed by atoms with E-state index < -0.39 is 0 Å². The molecule has 3 heteroatoms. The maximum absolute atomic E-state index is 9.96. The maximum atomic E-state index is 9.96. The molecule has 1 aliphatic rings. The van der Waals surface area contributed by atoms with Crippen LogP contribution in [0.3, 0.4) is 0 Å². The number of carbonyl (C=O) groups excluding carboxylic acids is 1. The molecule has 0 aromatic heterocycles. The van der Waals surface area contributed by atoms with E-state index in [-0.39, 0.29) is 6.04 Å². The largest absolute Gasteiger partial charge is 0.384 e. The predicted octanol–water partition coefficient (Wildman–Crippen LogP) is 1.53. The first-order chi connectivity index (χ1) is 5.86. The SMILES string of the molecule is COC[C@H]1CC[C@@H](N=C=O)CC1. The van der Waals surface area contributed by atoms with Gasteiger partial charge in [-0.2, -0.15) is 0 Å². The van der Waals surface area contributed by atoms with Gasteiger partial charge in [0.05, 0.1) is 6.04 Å². The lowest BCUT2D eigenvalue weighted by atomic mass is 9.87. The number of rotatable bonds is 3. The molecule has 0 radical (unpaired) electrons. The number of isocyanates is 1. The Morgan fingerprint density at radius 1 is 1.42 bits per heavy atom. The summed E-state index contributed by atoms with van der Waals surface area (Å²) in [5.74, 6) is 0.674. The molecule has 0 atom stereocenters. The molecule has 0 saturated heterocycles. The topological polar surface area (TPSA) is 38.7 Å². The van der Waals surface area contributed by atoms with Crippen LogP contribution in [0.2, 0.25) is 0 Å². The van der Waals surface area contributed by atoms with E-state index in [4.69, 9.17) is 4.74 Å². The highest BCUT2D eigenvalue weighted by Gasteiger charge is 2.20. The molecule has 0 N–H and O–H groups in total. The van der Waals surface area contributed by atoms with Gasteiger partial charge in [0.1, 0.15) is 0 Å². The molecule has 1 saturated carbocycles. The fraction of sp³-hybridized carbons (Fsp3) is 0.889. The van der Waals surface area contributed by atoms with E-state index in [0.717, 1.165) is 32.3 Å². The lowest BCUT2D eigenvalue weighted by Gasteiger charge is -2.24. The Morgan fingerprint density at radius 2 is 2.08 bits per heavy atom. The smallest absolute Gasteiger partial charge is 0.235 e. The van der Waals surface area contributed by atoms with Gasteiger partial charge >= 0.3 is 0 Å². The first-order valence-electron chi connectivity index (χ1n) is 4.42. The van der Waals surface area contributed by atoms with E-state index in [2.05, 4.69) is 4.99 Å². The predicted molar refractivity (Wildman–Crippen MR) is 45.7 cm³/mol. The molecular formula is C9H15NO2. The van der Waals surface area contributed by atoms with Gasteiger partial charge in [0.25, 0.3) is 0 Å². The molecule has 0 aromatic carbocycles. The number of nitrogens with zero attached hydrogens (tertiary/aromatic N) is 1. The Bertz CT molecular complexity index is 167. The fourth-order valence-corrected chi connectivity index (χ4v) is 1.75. The molecule has 12 heavy (non-hydrogen) atoms. The first kappa shape index (κ1) is 9.43. The third-order valence-corrected chi connectivity index (χ3v) is 2.45. The van der Waals surface area contributed by atoms with Gasteiger partial charge in [-0.05, 0) is 31.6 Å². The van der Waals surface area contributed by atoms with Gasteiger partial charge < -0.3 is 4.74 Å². The summed E-state index contributed by atoms with van der Waals surface area (Å²) in [6.45, 7) is 0.845. The zero-order valence-electron chi connectivity index (χ0n) is 7.45. The third-order valence-electron chi connectivity index (χ3n) is 2.45. The summed E-state index contributed by atoms with van der Waals surface area (Å²) in [6.07, 6.45) is 5.92. The van der Waals surface area contributed by atoms with Crippen LogP contribution in [-0.4, -0.2) is 25.8 Å². The monoisotopic (exact) mass is 169 g/mol. The van der Waals surface area contributed by atoms with Crippen molar-refractivity contribution in [2.45, 2.75) is 31.7 Å². The minimum Gasteiger partial charge on any atom is -0.384 e.